The molecule has 166 valence electrons. The molecule has 2 saturated carbocycles. The molecule has 0 aromatic heterocycles. The number of amides is 1. The van der Waals surface area contributed by atoms with Gasteiger partial charge in [-0.15, -0.1) is 0 Å². The number of alkyl halides is 3. The minimum atomic E-state index is -4.13. The molecule has 9 heteroatoms. The van der Waals surface area contributed by atoms with Crippen LogP contribution in [-0.4, -0.2) is 49.0 Å². The first-order valence-corrected chi connectivity index (χ1v) is 10.4. The van der Waals surface area contributed by atoms with Crippen LogP contribution in [-0.2, 0) is 0 Å². The normalized spacial score (nSPS) is 30.0. The van der Waals surface area contributed by atoms with Gasteiger partial charge in [0.25, 0.3) is 5.91 Å². The van der Waals surface area contributed by atoms with Crippen molar-refractivity contribution in [3.8, 4) is 0 Å². The van der Waals surface area contributed by atoms with Crippen molar-refractivity contribution in [2.24, 2.45) is 11.3 Å². The lowest BCUT2D eigenvalue weighted by atomic mass is 9.79. The van der Waals surface area contributed by atoms with Crippen molar-refractivity contribution in [3.63, 3.8) is 0 Å². The Hall–Kier alpha value is -2.16. The Morgan fingerprint density at radius 1 is 1.27 bits per heavy atom. The summed E-state index contributed by atoms with van der Waals surface area (Å²) in [6, 6.07) is 3.33. The number of anilines is 3. The third-order valence-corrected chi connectivity index (χ3v) is 7.02. The Labute approximate surface area is 174 Å². The van der Waals surface area contributed by atoms with E-state index in [0.717, 1.165) is 6.42 Å². The third kappa shape index (κ3) is 3.79. The predicted molar refractivity (Wildman–Crippen MR) is 110 cm³/mol. The summed E-state index contributed by atoms with van der Waals surface area (Å²) in [6.07, 6.45) is -2.16. The molecule has 6 nitrogen and oxygen atoms in total. The van der Waals surface area contributed by atoms with E-state index in [1.807, 2.05) is 4.90 Å². The molecule has 1 heterocycles. The minimum Gasteiger partial charge on any atom is -0.397 e. The average molecular weight is 426 g/mol. The van der Waals surface area contributed by atoms with Gasteiger partial charge < -0.3 is 26.4 Å². The molecule has 4 rings (SSSR count). The summed E-state index contributed by atoms with van der Waals surface area (Å²) in [5, 5.41) is 16.1. The highest BCUT2D eigenvalue weighted by Crippen LogP contribution is 2.59. The number of nitrogens with one attached hydrogen (secondary N) is 2. The van der Waals surface area contributed by atoms with Crippen LogP contribution in [0.1, 0.15) is 49.4 Å². The van der Waals surface area contributed by atoms with Gasteiger partial charge in [0.15, 0.2) is 0 Å². The van der Waals surface area contributed by atoms with E-state index in [9.17, 15) is 23.1 Å². The number of β-amino-alcohol motifs (C(OH)–C–C–N with tert-alkyl or cyclic N) is 1. The lowest BCUT2D eigenvalue weighted by Gasteiger charge is -2.46. The first kappa shape index (κ1) is 21.1. The second-order valence-electron chi connectivity index (χ2n) is 9.47. The number of nitrogens with two attached hydrogens (primary N) is 1. The van der Waals surface area contributed by atoms with E-state index in [4.69, 9.17) is 5.73 Å². The highest BCUT2D eigenvalue weighted by atomic mass is 19.4. The predicted octanol–water partition coefficient (Wildman–Crippen LogP) is 3.12. The lowest BCUT2D eigenvalue weighted by Crippen LogP contribution is -2.60. The second kappa shape index (κ2) is 6.93. The molecule has 1 spiro atoms. The van der Waals surface area contributed by atoms with Crippen molar-refractivity contribution in [3.05, 3.63) is 17.7 Å². The van der Waals surface area contributed by atoms with Crippen molar-refractivity contribution >= 4 is 23.0 Å². The summed E-state index contributed by atoms with van der Waals surface area (Å²) in [4.78, 5) is 15.0. The second-order valence-corrected chi connectivity index (χ2v) is 9.47. The Morgan fingerprint density at radius 3 is 2.43 bits per heavy atom. The van der Waals surface area contributed by atoms with E-state index in [0.29, 0.717) is 48.6 Å². The molecule has 1 aliphatic heterocycles. The zero-order valence-corrected chi connectivity index (χ0v) is 17.3. The number of rotatable bonds is 4. The van der Waals surface area contributed by atoms with Gasteiger partial charge in [0.2, 0.25) is 0 Å². The fourth-order valence-electron chi connectivity index (χ4n) is 5.07. The number of benzene rings is 1. The highest BCUT2D eigenvalue weighted by molar-refractivity contribution is 6.02. The molecule has 1 aromatic carbocycles. The summed E-state index contributed by atoms with van der Waals surface area (Å²) in [5.74, 6) is -1.49. The number of hydrogen-bond acceptors (Lipinski definition) is 5. The van der Waals surface area contributed by atoms with E-state index in [1.165, 1.54) is 0 Å². The molecular formula is C21H29F3N4O2. The van der Waals surface area contributed by atoms with E-state index in [1.54, 1.807) is 26.1 Å². The van der Waals surface area contributed by atoms with Crippen LogP contribution >= 0.6 is 0 Å². The molecule has 3 aliphatic rings. The first-order chi connectivity index (χ1) is 13.9. The number of hydrogen-bond donors (Lipinski definition) is 4. The van der Waals surface area contributed by atoms with E-state index in [2.05, 4.69) is 10.6 Å². The van der Waals surface area contributed by atoms with E-state index < -0.39 is 17.7 Å². The van der Waals surface area contributed by atoms with Crippen LogP contribution in [0, 0.1) is 11.3 Å². The van der Waals surface area contributed by atoms with E-state index in [-0.39, 0.29) is 30.2 Å². The average Bonchev–Trinajstić information content (AvgIpc) is 3.29. The summed E-state index contributed by atoms with van der Waals surface area (Å²) in [6.45, 7) is 2.56. The van der Waals surface area contributed by atoms with Gasteiger partial charge in [-0.2, -0.15) is 13.2 Å². The zero-order chi connectivity index (χ0) is 21.9. The molecule has 0 radical (unpaired) electrons. The van der Waals surface area contributed by atoms with Gasteiger partial charge in [-0.3, -0.25) is 4.79 Å². The van der Waals surface area contributed by atoms with Crippen LogP contribution in [0.2, 0.25) is 0 Å². The van der Waals surface area contributed by atoms with E-state index >= 15 is 0 Å². The molecule has 1 saturated heterocycles. The van der Waals surface area contributed by atoms with Gasteiger partial charge in [-0.1, -0.05) is 0 Å². The maximum Gasteiger partial charge on any atom is 0.391 e. The van der Waals surface area contributed by atoms with Crippen molar-refractivity contribution in [1.82, 2.24) is 5.32 Å². The molecule has 1 atom stereocenters. The molecule has 1 amide bonds. The van der Waals surface area contributed by atoms with Crippen molar-refractivity contribution in [2.45, 2.75) is 56.8 Å². The van der Waals surface area contributed by atoms with Gasteiger partial charge in [0.05, 0.1) is 34.1 Å². The standard InChI is InChI=1S/C21H29F3N4O2/c1-19(30)10-28(11-19)16-8-15(26-2)14(25)7-13(16)18(29)27-17-9-20(17)5-3-12(4-6-20)21(22,23)24/h7-8,12,17,26,30H,3-6,9-11,25H2,1-2H3,(H,27,29)/t12?,17-,20?/m1/s1. The summed E-state index contributed by atoms with van der Waals surface area (Å²) in [5.41, 5.74) is 7.32. The minimum absolute atomic E-state index is 0.100. The van der Waals surface area contributed by atoms with Crippen LogP contribution in [0.15, 0.2) is 12.1 Å². The molecule has 0 bridgehead atoms. The maximum atomic E-state index is 13.1. The molecule has 2 aliphatic carbocycles. The Balaban J connectivity index is 1.46. The summed E-state index contributed by atoms with van der Waals surface area (Å²) < 4.78 is 38.8. The largest absolute Gasteiger partial charge is 0.397 e. The van der Waals surface area contributed by atoms with Crippen LogP contribution in [0.25, 0.3) is 0 Å². The Morgan fingerprint density at radius 2 is 1.90 bits per heavy atom. The van der Waals surface area contributed by atoms with Gasteiger partial charge in [-0.05, 0) is 56.6 Å². The van der Waals surface area contributed by atoms with Crippen LogP contribution in [0.4, 0.5) is 30.2 Å². The SMILES string of the molecule is CNc1cc(N2CC(C)(O)C2)c(C(=O)N[C@@H]2CC23CCC(C(F)(F)F)CC3)cc1N. The number of nitrogens with zero attached hydrogens (tertiary/aromatic N) is 1. The summed E-state index contributed by atoms with van der Waals surface area (Å²) >= 11 is 0. The van der Waals surface area contributed by atoms with Crippen molar-refractivity contribution < 1.29 is 23.1 Å². The Bertz CT molecular complexity index is 839. The van der Waals surface area contributed by atoms with Crippen LogP contribution in [0.3, 0.4) is 0 Å². The molecule has 0 unspecified atom stereocenters. The fourth-order valence-corrected chi connectivity index (χ4v) is 5.07. The van der Waals surface area contributed by atoms with Crippen molar-refractivity contribution in [2.75, 3.05) is 36.1 Å². The molecule has 1 aromatic rings. The summed E-state index contributed by atoms with van der Waals surface area (Å²) in [7, 11) is 1.74. The lowest BCUT2D eigenvalue weighted by molar-refractivity contribution is -0.184. The van der Waals surface area contributed by atoms with Gasteiger partial charge in [-0.25, -0.2) is 0 Å². The highest BCUT2D eigenvalue weighted by Gasteiger charge is 2.58. The number of carbonyl (C=O) groups excluding carboxylic acids is 1. The van der Waals surface area contributed by atoms with Gasteiger partial charge in [0, 0.05) is 26.2 Å². The first-order valence-electron chi connectivity index (χ1n) is 10.4. The van der Waals surface area contributed by atoms with Crippen LogP contribution in [0.5, 0.6) is 0 Å². The molecule has 30 heavy (non-hydrogen) atoms. The number of aliphatic hydroxyl groups is 1. The quantitative estimate of drug-likeness (QED) is 0.556. The number of carbonyl (C=O) groups is 1. The molecular weight excluding hydrogens is 397 g/mol. The fraction of sp³-hybridized carbons (Fsp3) is 0.667. The van der Waals surface area contributed by atoms with Gasteiger partial charge >= 0.3 is 6.18 Å². The maximum absolute atomic E-state index is 13.1. The Kier molecular flexibility index (Phi) is 4.87. The van der Waals surface area contributed by atoms with Crippen molar-refractivity contribution in [1.29, 1.82) is 0 Å². The monoisotopic (exact) mass is 426 g/mol. The smallest absolute Gasteiger partial charge is 0.391 e. The number of halogens is 3. The van der Waals surface area contributed by atoms with Crippen LogP contribution < -0.4 is 21.3 Å². The van der Waals surface area contributed by atoms with Gasteiger partial charge in [0.1, 0.15) is 0 Å². The zero-order valence-electron chi connectivity index (χ0n) is 17.3. The third-order valence-electron chi connectivity index (χ3n) is 7.02. The molecule has 5 N–H and O–H groups in total. The number of nitrogen functional groups attached to an aromatic ring is 1. The topological polar surface area (TPSA) is 90.6 Å². The molecule has 3 fully saturated rings.